The maximum atomic E-state index is 16.9. The second-order valence-electron chi connectivity index (χ2n) is 14.0. The molecule has 0 saturated carbocycles. The summed E-state index contributed by atoms with van der Waals surface area (Å²) in [5.41, 5.74) is 0.848. The summed E-state index contributed by atoms with van der Waals surface area (Å²) in [7, 11) is 0. The fourth-order valence-electron chi connectivity index (χ4n) is 8.90. The van der Waals surface area contributed by atoms with Gasteiger partial charge in [-0.1, -0.05) is 41.9 Å². The summed E-state index contributed by atoms with van der Waals surface area (Å²) >= 11 is 6.64. The Morgan fingerprint density at radius 2 is 1.81 bits per heavy atom. The molecule has 12 heteroatoms. The van der Waals surface area contributed by atoms with Gasteiger partial charge in [0.15, 0.2) is 11.9 Å². The van der Waals surface area contributed by atoms with Crippen LogP contribution in [0.5, 0.6) is 6.01 Å². The first-order chi connectivity index (χ1) is 23.3. The molecule has 10 nitrogen and oxygen atoms in total. The van der Waals surface area contributed by atoms with Gasteiger partial charge in [-0.05, 0) is 70.0 Å². The molecule has 5 fully saturated rings. The molecule has 0 unspecified atom stereocenters. The second-order valence-corrected chi connectivity index (χ2v) is 14.5. The van der Waals surface area contributed by atoms with Crippen molar-refractivity contribution in [3.63, 3.8) is 0 Å². The largest absolute Gasteiger partial charge is 0.461 e. The van der Waals surface area contributed by atoms with Gasteiger partial charge in [0.2, 0.25) is 0 Å². The number of rotatable bonds is 6. The molecule has 0 N–H and O–H groups in total. The number of ether oxygens (including phenoxy) is 2. The summed E-state index contributed by atoms with van der Waals surface area (Å²) in [6.45, 7) is 5.32. The topological polar surface area (TPSA) is 101 Å². The van der Waals surface area contributed by atoms with Crippen molar-refractivity contribution in [3.05, 3.63) is 53.4 Å². The fourth-order valence-corrected chi connectivity index (χ4v) is 9.18. The molecule has 2 aromatic carbocycles. The van der Waals surface area contributed by atoms with Gasteiger partial charge in [0, 0.05) is 47.3 Å². The zero-order chi connectivity index (χ0) is 32.7. The molecule has 5 aliphatic heterocycles. The maximum Gasteiger partial charge on any atom is 0.319 e. The average molecular weight is 671 g/mol. The number of halogens is 2. The Morgan fingerprint density at radius 3 is 2.52 bits per heavy atom. The van der Waals surface area contributed by atoms with Gasteiger partial charge in [0.1, 0.15) is 29.6 Å². The number of cyclic esters (lactones) is 1. The van der Waals surface area contributed by atoms with Gasteiger partial charge < -0.3 is 19.3 Å². The lowest BCUT2D eigenvalue weighted by Gasteiger charge is -2.44. The number of aromatic nitrogens is 3. The van der Waals surface area contributed by atoms with E-state index >= 15 is 4.39 Å². The van der Waals surface area contributed by atoms with Gasteiger partial charge in [-0.15, -0.1) is 0 Å². The molecule has 1 amide bonds. The molecule has 48 heavy (non-hydrogen) atoms. The van der Waals surface area contributed by atoms with Crippen LogP contribution in [0.15, 0.2) is 42.6 Å². The highest BCUT2D eigenvalue weighted by Crippen LogP contribution is 2.42. The monoisotopic (exact) mass is 670 g/mol. The summed E-state index contributed by atoms with van der Waals surface area (Å²) in [5.74, 6) is -0.919. The van der Waals surface area contributed by atoms with Gasteiger partial charge in [-0.3, -0.25) is 19.5 Å². The van der Waals surface area contributed by atoms with Crippen molar-refractivity contribution in [1.29, 1.82) is 0 Å². The lowest BCUT2D eigenvalue weighted by atomic mass is 9.95. The minimum absolute atomic E-state index is 0.0344. The van der Waals surface area contributed by atoms with Crippen LogP contribution < -0.4 is 9.64 Å². The van der Waals surface area contributed by atoms with E-state index in [0.717, 1.165) is 62.4 Å². The van der Waals surface area contributed by atoms with Crippen molar-refractivity contribution >= 4 is 51.0 Å². The number of carbonyl (C=O) groups is 2. The number of hydrogen-bond acceptors (Lipinski definition) is 9. The highest BCUT2D eigenvalue weighted by molar-refractivity contribution is 6.36. The van der Waals surface area contributed by atoms with E-state index < -0.39 is 17.8 Å². The molecule has 0 radical (unpaired) electrons. The number of benzene rings is 2. The minimum atomic E-state index is -0.726. The van der Waals surface area contributed by atoms with Crippen molar-refractivity contribution in [2.75, 3.05) is 37.7 Å². The molecule has 248 valence electrons. The number of carbonyl (C=O) groups excluding carboxylic acids is 2. The first-order valence-corrected chi connectivity index (χ1v) is 17.4. The molecule has 5 saturated heterocycles. The van der Waals surface area contributed by atoms with E-state index in [4.69, 9.17) is 31.0 Å². The number of hydrogen-bond donors (Lipinski definition) is 0. The number of pyridine rings is 1. The smallest absolute Gasteiger partial charge is 0.319 e. The number of piperazine rings is 1. The molecule has 2 aromatic heterocycles. The lowest BCUT2D eigenvalue weighted by molar-refractivity contribution is -0.192. The van der Waals surface area contributed by atoms with Gasteiger partial charge in [0.05, 0.1) is 10.9 Å². The van der Waals surface area contributed by atoms with E-state index in [1.165, 1.54) is 0 Å². The Hall–Kier alpha value is -4.09. The molecule has 7 heterocycles. The Balaban J connectivity index is 1.11. The van der Waals surface area contributed by atoms with Gasteiger partial charge in [-0.2, -0.15) is 9.97 Å². The van der Waals surface area contributed by atoms with Gasteiger partial charge in [0.25, 0.3) is 5.91 Å². The van der Waals surface area contributed by atoms with Crippen LogP contribution in [0.25, 0.3) is 32.9 Å². The van der Waals surface area contributed by atoms with Crippen LogP contribution in [0.3, 0.4) is 0 Å². The molecule has 0 spiro atoms. The maximum absolute atomic E-state index is 16.9. The normalized spacial score (nSPS) is 26.2. The van der Waals surface area contributed by atoms with E-state index in [2.05, 4.69) is 14.8 Å². The van der Waals surface area contributed by atoms with Crippen LogP contribution >= 0.6 is 11.6 Å². The van der Waals surface area contributed by atoms with E-state index in [1.54, 1.807) is 19.2 Å². The Labute approximate surface area is 282 Å². The fraction of sp³-hybridized carbons (Fsp3) is 0.472. The molecule has 5 aliphatic rings. The van der Waals surface area contributed by atoms with Crippen molar-refractivity contribution < 1.29 is 23.5 Å². The highest BCUT2D eigenvalue weighted by atomic mass is 35.5. The molecule has 4 aromatic rings. The van der Waals surface area contributed by atoms with E-state index in [0.29, 0.717) is 41.5 Å². The predicted molar refractivity (Wildman–Crippen MR) is 178 cm³/mol. The SMILES string of the molecule is C[C@@H]1C(=O)O[C@H]1C(=O)N1[C@@H]2CC[C@H]1CN(c1nc(OCC34CCCN3CCC4)nc3c(F)c(-c4cccc5cccc(Cl)c45)ncc13)C2. The zero-order valence-corrected chi connectivity index (χ0v) is 27.5. The summed E-state index contributed by atoms with van der Waals surface area (Å²) in [6, 6.07) is 11.2. The summed E-state index contributed by atoms with van der Waals surface area (Å²) in [5, 5.41) is 2.61. The Bertz CT molecular complexity index is 1960. The highest BCUT2D eigenvalue weighted by Gasteiger charge is 2.52. The third kappa shape index (κ3) is 4.57. The van der Waals surface area contributed by atoms with Crippen molar-refractivity contribution in [2.45, 2.75) is 69.2 Å². The lowest BCUT2D eigenvalue weighted by Crippen LogP contribution is -2.62. The summed E-state index contributed by atoms with van der Waals surface area (Å²) < 4.78 is 28.5. The molecular formula is C36H36ClFN6O4. The van der Waals surface area contributed by atoms with Crippen LogP contribution in [0, 0.1) is 11.7 Å². The van der Waals surface area contributed by atoms with Crippen LogP contribution in [0.1, 0.15) is 45.4 Å². The van der Waals surface area contributed by atoms with Crippen molar-refractivity contribution in [2.24, 2.45) is 5.92 Å². The first-order valence-electron chi connectivity index (χ1n) is 17.0. The van der Waals surface area contributed by atoms with Crippen LogP contribution in [0.2, 0.25) is 5.02 Å². The van der Waals surface area contributed by atoms with E-state index in [1.807, 2.05) is 35.2 Å². The number of amides is 1. The first kappa shape index (κ1) is 30.0. The summed E-state index contributed by atoms with van der Waals surface area (Å²) in [4.78, 5) is 46.0. The van der Waals surface area contributed by atoms with E-state index in [-0.39, 0.29) is 46.7 Å². The number of esters is 1. The number of anilines is 1. The van der Waals surface area contributed by atoms with Gasteiger partial charge >= 0.3 is 12.0 Å². The minimum Gasteiger partial charge on any atom is -0.461 e. The Morgan fingerprint density at radius 1 is 1.08 bits per heavy atom. The van der Waals surface area contributed by atoms with Crippen LogP contribution in [-0.2, 0) is 14.3 Å². The third-order valence-corrected chi connectivity index (χ3v) is 11.7. The van der Waals surface area contributed by atoms with Crippen molar-refractivity contribution in [3.8, 4) is 17.3 Å². The zero-order valence-electron chi connectivity index (χ0n) is 26.7. The quantitative estimate of drug-likeness (QED) is 0.250. The number of nitrogens with zero attached hydrogens (tertiary/aromatic N) is 6. The Kier molecular flexibility index (Phi) is 7.02. The predicted octanol–water partition coefficient (Wildman–Crippen LogP) is 5.39. The molecule has 0 aliphatic carbocycles. The standard InChI is InChI=1S/C36H36ClFN6O4/c1-20-31(48-34(20)46)33(45)44-22-10-11-23(44)18-42(17-22)32-25-16-39-29(24-8-2-6-21-7-3-9-26(37)27(21)24)28(38)30(25)40-35(41-32)47-19-36-12-4-14-43(36)15-5-13-36/h2-3,6-9,16,20,22-23,31H,4-5,10-15,17-19H2,1H3/t20-,22-,23+,31+/m0/s1. The molecular weight excluding hydrogens is 635 g/mol. The third-order valence-electron chi connectivity index (χ3n) is 11.4. The molecule has 9 rings (SSSR count). The van der Waals surface area contributed by atoms with Crippen molar-refractivity contribution in [1.82, 2.24) is 24.8 Å². The number of fused-ring (bicyclic) bond motifs is 5. The average Bonchev–Trinajstić information content (AvgIpc) is 3.76. The molecule has 2 bridgehead atoms. The van der Waals surface area contributed by atoms with Gasteiger partial charge in [-0.25, -0.2) is 4.39 Å². The van der Waals surface area contributed by atoms with Crippen LogP contribution in [-0.4, -0.2) is 93.1 Å². The summed E-state index contributed by atoms with van der Waals surface area (Å²) in [6.07, 6.45) is 6.96. The van der Waals surface area contributed by atoms with Crippen LogP contribution in [0.4, 0.5) is 10.2 Å². The second kappa shape index (κ2) is 11.2. The van der Waals surface area contributed by atoms with E-state index in [9.17, 15) is 9.59 Å². The molecule has 4 atom stereocenters.